The van der Waals surface area contributed by atoms with E-state index in [1.165, 1.54) is 0 Å². The second-order valence-electron chi connectivity index (χ2n) is 0.0690. The van der Waals surface area contributed by atoms with Crippen molar-refractivity contribution in [2.45, 2.75) is 0 Å². The predicted octanol–water partition coefficient (Wildman–Crippen LogP) is 1.59. The topological polar surface area (TPSA) is 52.1 Å². The van der Waals surface area contributed by atoms with E-state index in [-0.39, 0.29) is 14.0 Å². The molecule has 26 valence electrons. The van der Waals surface area contributed by atoms with Gasteiger partial charge in [0.05, 0.1) is 0 Å². The van der Waals surface area contributed by atoms with Gasteiger partial charge in [0.25, 0.3) is 7.81 Å². The molecular formula is H3ClNOP. The molecule has 3 N–H and O–H groups in total. The minimum Gasteiger partial charge on any atom is -0.344 e. The van der Waals surface area contributed by atoms with Crippen molar-refractivity contribution in [3.63, 3.8) is 0 Å². The third-order valence-corrected chi connectivity index (χ3v) is 0. The summed E-state index contributed by atoms with van der Waals surface area (Å²) in [5, 5.41) is 0. The zero-order valence-corrected chi connectivity index (χ0v) is 3.59. The van der Waals surface area contributed by atoms with Crippen molar-refractivity contribution >= 4 is 19.1 Å². The molecule has 0 aliphatic rings. The van der Waals surface area contributed by atoms with Crippen molar-refractivity contribution < 1.29 is 4.57 Å². The second-order valence-corrected chi connectivity index (χ2v) is 0.621. The lowest BCUT2D eigenvalue weighted by Crippen LogP contribution is -0.706. The van der Waals surface area contributed by atoms with E-state index in [1.54, 1.807) is 0 Å². The Balaban J connectivity index is 0. The second kappa shape index (κ2) is 10.2. The molecule has 0 amide bonds. The highest BCUT2D eigenvalue weighted by molar-refractivity contribution is 7.57. The molecule has 0 aromatic heterocycles. The van der Waals surface area contributed by atoms with E-state index >= 15 is 0 Å². The first-order valence-electron chi connectivity index (χ1n) is 0.352. The van der Waals surface area contributed by atoms with Crippen molar-refractivity contribution in [2.24, 2.45) is 0 Å². The van der Waals surface area contributed by atoms with Crippen LogP contribution in [0.2, 0.25) is 0 Å². The Morgan fingerprint density at radius 1 is 1.75 bits per heavy atom. The van der Waals surface area contributed by atoms with Crippen molar-refractivity contribution in [1.82, 2.24) is 6.15 Å². The molecule has 0 aliphatic carbocycles. The highest BCUT2D eigenvalue weighted by atomic mass is 35.7. The molecule has 0 unspecified atom stereocenters. The van der Waals surface area contributed by atoms with Gasteiger partial charge < -0.3 is 6.15 Å². The van der Waals surface area contributed by atoms with Crippen molar-refractivity contribution in [1.29, 1.82) is 0 Å². The van der Waals surface area contributed by atoms with Crippen LogP contribution in [0.15, 0.2) is 0 Å². The maximum atomic E-state index is 8.67. The summed E-state index contributed by atoms with van der Waals surface area (Å²) in [7, 11) is -0.361. The van der Waals surface area contributed by atoms with Gasteiger partial charge in [-0.1, -0.05) is 0 Å². The summed E-state index contributed by atoms with van der Waals surface area (Å²) < 4.78 is 8.67. The maximum absolute atomic E-state index is 8.67. The Hall–Kier alpha value is 0.350. The summed E-state index contributed by atoms with van der Waals surface area (Å²) >= 11 is 4.42. The van der Waals surface area contributed by atoms with E-state index in [9.17, 15) is 0 Å². The van der Waals surface area contributed by atoms with E-state index < -0.39 is 0 Å². The predicted molar refractivity (Wildman–Crippen MR) is 18.5 cm³/mol. The minimum absolute atomic E-state index is 0. The quantitative estimate of drug-likeness (QED) is 0.469. The highest BCUT2D eigenvalue weighted by Gasteiger charge is 1.33. The van der Waals surface area contributed by atoms with Gasteiger partial charge in [0, 0.05) is 0 Å². The Kier molecular flexibility index (Phi) is 22.4. The van der Waals surface area contributed by atoms with Crippen LogP contribution in [-0.4, -0.2) is 0 Å². The number of hydrogen-bond acceptors (Lipinski definition) is 2. The number of rotatable bonds is 0. The van der Waals surface area contributed by atoms with Gasteiger partial charge in [-0.2, -0.15) is 0 Å². The molecule has 4 heavy (non-hydrogen) atoms. The molecule has 0 atom stereocenters. The molecule has 0 radical (unpaired) electrons. The van der Waals surface area contributed by atoms with Crippen LogP contribution in [0.4, 0.5) is 0 Å². The van der Waals surface area contributed by atoms with Crippen molar-refractivity contribution in [2.75, 3.05) is 0 Å². The number of hydrogen-bond donors (Lipinski definition) is 1. The Labute approximate surface area is 30.7 Å². The smallest absolute Gasteiger partial charge is 0.267 e. The first-order chi connectivity index (χ1) is 1.41. The van der Waals surface area contributed by atoms with E-state index in [1.807, 2.05) is 0 Å². The van der Waals surface area contributed by atoms with Gasteiger partial charge in [0.1, 0.15) is 0 Å². The zero-order chi connectivity index (χ0) is 2.71. The van der Waals surface area contributed by atoms with Crippen LogP contribution in [0.5, 0.6) is 0 Å². The fourth-order valence-electron chi connectivity index (χ4n) is 0. The lowest BCUT2D eigenvalue weighted by atomic mass is 14.0. The van der Waals surface area contributed by atoms with Gasteiger partial charge in [0.2, 0.25) is 0 Å². The third-order valence-electron chi connectivity index (χ3n) is 0. The first kappa shape index (κ1) is 8.84. The Morgan fingerprint density at radius 2 is 1.75 bits per heavy atom. The average Bonchev–Trinajstić information content (AvgIpc) is 0.918. The van der Waals surface area contributed by atoms with Crippen LogP contribution in [0.3, 0.4) is 0 Å². The summed E-state index contributed by atoms with van der Waals surface area (Å²) in [6.07, 6.45) is 0. The Bertz CT molecular complexity index is 15.5. The molecule has 4 heteroatoms. The SMILES string of the molecule is N.O=PCl. The van der Waals surface area contributed by atoms with Crippen LogP contribution in [0.1, 0.15) is 0 Å². The molecule has 0 aromatic carbocycles. The lowest BCUT2D eigenvalue weighted by Gasteiger charge is -1.16. The van der Waals surface area contributed by atoms with Gasteiger partial charge in [-0.3, -0.25) is 4.57 Å². The lowest BCUT2D eigenvalue weighted by molar-refractivity contribution is 0.605. The molecule has 0 aromatic rings. The zero-order valence-electron chi connectivity index (χ0n) is 1.94. The van der Waals surface area contributed by atoms with Crippen LogP contribution in [-0.2, 0) is 4.57 Å². The van der Waals surface area contributed by atoms with E-state index in [2.05, 4.69) is 11.2 Å². The molecule has 0 spiro atoms. The summed E-state index contributed by atoms with van der Waals surface area (Å²) in [6.45, 7) is 0. The molecule has 0 bridgehead atoms. The van der Waals surface area contributed by atoms with E-state index in [0.717, 1.165) is 0 Å². The Morgan fingerprint density at radius 3 is 1.75 bits per heavy atom. The number of halogens is 1. The highest BCUT2D eigenvalue weighted by Crippen LogP contribution is 1.92. The molecule has 2 nitrogen and oxygen atoms in total. The summed E-state index contributed by atoms with van der Waals surface area (Å²) in [5.74, 6) is 0. The molecule has 0 rings (SSSR count). The average molecular weight is 99.5 g/mol. The molecule has 0 aliphatic heterocycles. The van der Waals surface area contributed by atoms with Crippen LogP contribution in [0, 0.1) is 0 Å². The largest absolute Gasteiger partial charge is 0.344 e. The van der Waals surface area contributed by atoms with Crippen molar-refractivity contribution in [3.05, 3.63) is 0 Å². The fourth-order valence-corrected chi connectivity index (χ4v) is 0. The molecule has 0 saturated heterocycles. The van der Waals surface area contributed by atoms with Crippen LogP contribution in [0.25, 0.3) is 0 Å². The minimum atomic E-state index is -0.361. The maximum Gasteiger partial charge on any atom is 0.267 e. The van der Waals surface area contributed by atoms with E-state index in [4.69, 9.17) is 4.57 Å². The molecular weight excluding hydrogens is 96.4 g/mol. The van der Waals surface area contributed by atoms with Crippen LogP contribution >= 0.6 is 19.1 Å². The summed E-state index contributed by atoms with van der Waals surface area (Å²) in [4.78, 5) is 0. The summed E-state index contributed by atoms with van der Waals surface area (Å²) in [6, 6.07) is 0. The van der Waals surface area contributed by atoms with Crippen LogP contribution < -0.4 is 6.15 Å². The van der Waals surface area contributed by atoms with Gasteiger partial charge in [-0.05, 0) is 11.2 Å². The first-order valence-corrected chi connectivity index (χ1v) is 2.07. The molecule has 0 fully saturated rings. The fraction of sp³-hybridized carbons (Fsp3) is 0. The molecule has 0 heterocycles. The van der Waals surface area contributed by atoms with Gasteiger partial charge >= 0.3 is 0 Å². The normalized spacial score (nSPS) is 5.25. The van der Waals surface area contributed by atoms with Gasteiger partial charge in [-0.15, -0.1) is 0 Å². The summed E-state index contributed by atoms with van der Waals surface area (Å²) in [5.41, 5.74) is 0. The van der Waals surface area contributed by atoms with Gasteiger partial charge in [-0.25, -0.2) is 0 Å². The van der Waals surface area contributed by atoms with Crippen molar-refractivity contribution in [3.8, 4) is 0 Å². The van der Waals surface area contributed by atoms with Gasteiger partial charge in [0.15, 0.2) is 0 Å². The monoisotopic (exact) mass is 99.0 g/mol. The van der Waals surface area contributed by atoms with E-state index in [0.29, 0.717) is 0 Å². The standard InChI is InChI=1S/ClOP.H3N/c1-3-2;/h;1H3. The third kappa shape index (κ3) is 35.0. The molecule has 0 saturated carbocycles.